The Balaban J connectivity index is 1.47. The minimum Gasteiger partial charge on any atom is -0.368 e. The Morgan fingerprint density at radius 2 is 1.91 bits per heavy atom. The molecule has 1 aliphatic heterocycles. The van der Waals surface area contributed by atoms with Crippen molar-refractivity contribution in [2.45, 2.75) is 32.9 Å². The highest BCUT2D eigenvalue weighted by Gasteiger charge is 2.28. The third-order valence-corrected chi connectivity index (χ3v) is 6.22. The number of anilines is 1. The van der Waals surface area contributed by atoms with E-state index in [4.69, 9.17) is 10.7 Å². The van der Waals surface area contributed by atoms with Gasteiger partial charge in [-0.15, -0.1) is 0 Å². The first-order valence-corrected chi connectivity index (χ1v) is 11.0. The molecule has 5 rings (SSSR count). The molecule has 1 fully saturated rings. The number of benzene rings is 1. The van der Waals surface area contributed by atoms with Crippen molar-refractivity contribution in [2.75, 3.05) is 18.8 Å². The summed E-state index contributed by atoms with van der Waals surface area (Å²) < 4.78 is 15.7. The molecular weight excluding hydrogens is 417 g/mol. The fraction of sp³-hybridized carbons (Fsp3) is 0.280. The van der Waals surface area contributed by atoms with Crippen LogP contribution in [-0.2, 0) is 6.54 Å². The van der Waals surface area contributed by atoms with E-state index in [-0.39, 0.29) is 17.8 Å². The second-order valence-electron chi connectivity index (χ2n) is 8.59. The van der Waals surface area contributed by atoms with Crippen molar-refractivity contribution in [3.05, 3.63) is 77.8 Å². The van der Waals surface area contributed by atoms with Gasteiger partial charge in [0, 0.05) is 49.3 Å². The minimum absolute atomic E-state index is 0.209. The smallest absolute Gasteiger partial charge is 0.220 e. The highest BCUT2D eigenvalue weighted by Crippen LogP contribution is 2.35. The van der Waals surface area contributed by atoms with E-state index < -0.39 is 0 Å². The second-order valence-corrected chi connectivity index (χ2v) is 8.59. The van der Waals surface area contributed by atoms with Crippen molar-refractivity contribution in [3.8, 4) is 22.6 Å². The monoisotopic (exact) mass is 443 g/mol. The Kier molecular flexibility index (Phi) is 5.60. The molecule has 4 aromatic rings. The van der Waals surface area contributed by atoms with Crippen LogP contribution in [0.2, 0.25) is 0 Å². The number of imidazole rings is 1. The average molecular weight is 444 g/mol. The van der Waals surface area contributed by atoms with Crippen LogP contribution >= 0.6 is 0 Å². The predicted octanol–water partition coefficient (Wildman–Crippen LogP) is 4.19. The van der Waals surface area contributed by atoms with Crippen molar-refractivity contribution in [1.29, 1.82) is 0 Å². The number of likely N-dealkylation sites (tertiary alicyclic amines) is 1. The third-order valence-electron chi connectivity index (χ3n) is 6.22. The van der Waals surface area contributed by atoms with E-state index in [0.717, 1.165) is 48.7 Å². The van der Waals surface area contributed by atoms with Gasteiger partial charge in [-0.2, -0.15) is 0 Å². The molecular formula is C25H26FN7. The summed E-state index contributed by atoms with van der Waals surface area (Å²) in [6, 6.07) is 10.6. The summed E-state index contributed by atoms with van der Waals surface area (Å²) >= 11 is 0. The Hall–Kier alpha value is -3.65. The lowest BCUT2D eigenvalue weighted by Crippen LogP contribution is -2.22. The Morgan fingerprint density at radius 3 is 2.67 bits per heavy atom. The van der Waals surface area contributed by atoms with E-state index >= 15 is 0 Å². The molecule has 0 amide bonds. The zero-order chi connectivity index (χ0) is 22.9. The van der Waals surface area contributed by atoms with Crippen molar-refractivity contribution in [2.24, 2.45) is 0 Å². The molecule has 0 aliphatic carbocycles. The topological polar surface area (TPSA) is 85.8 Å². The summed E-state index contributed by atoms with van der Waals surface area (Å²) in [4.78, 5) is 20.1. The molecule has 2 N–H and O–H groups in total. The summed E-state index contributed by atoms with van der Waals surface area (Å²) in [7, 11) is 0. The van der Waals surface area contributed by atoms with Gasteiger partial charge in [-0.1, -0.05) is 0 Å². The fourth-order valence-electron chi connectivity index (χ4n) is 4.53. The molecule has 3 aromatic heterocycles. The van der Waals surface area contributed by atoms with E-state index in [9.17, 15) is 4.39 Å². The number of pyridine rings is 1. The lowest BCUT2D eigenvalue weighted by molar-refractivity contribution is 0.315. The predicted molar refractivity (Wildman–Crippen MR) is 126 cm³/mol. The van der Waals surface area contributed by atoms with Gasteiger partial charge in [0.05, 0.1) is 23.4 Å². The molecule has 4 heterocycles. The minimum atomic E-state index is -0.279. The van der Waals surface area contributed by atoms with Crippen molar-refractivity contribution in [1.82, 2.24) is 29.4 Å². The lowest BCUT2D eigenvalue weighted by atomic mass is 10.1. The van der Waals surface area contributed by atoms with E-state index in [1.54, 1.807) is 18.3 Å². The molecule has 7 nitrogen and oxygen atoms in total. The average Bonchev–Trinajstić information content (AvgIpc) is 3.43. The van der Waals surface area contributed by atoms with Crippen LogP contribution in [0.15, 0.2) is 55.1 Å². The summed E-state index contributed by atoms with van der Waals surface area (Å²) in [5, 5.41) is 0. The first-order chi connectivity index (χ1) is 16.0. The summed E-state index contributed by atoms with van der Waals surface area (Å²) in [6.07, 6.45) is 6.48. The molecule has 1 unspecified atom stereocenters. The van der Waals surface area contributed by atoms with Crippen LogP contribution in [0.5, 0.6) is 0 Å². The van der Waals surface area contributed by atoms with E-state index in [0.29, 0.717) is 5.69 Å². The van der Waals surface area contributed by atoms with Gasteiger partial charge < -0.3 is 10.3 Å². The van der Waals surface area contributed by atoms with Crippen LogP contribution in [0.3, 0.4) is 0 Å². The zero-order valence-electron chi connectivity index (χ0n) is 18.7. The Morgan fingerprint density at radius 1 is 1.09 bits per heavy atom. The molecule has 0 radical (unpaired) electrons. The van der Waals surface area contributed by atoms with Gasteiger partial charge in [0.25, 0.3) is 0 Å². The van der Waals surface area contributed by atoms with Crippen LogP contribution < -0.4 is 5.73 Å². The number of rotatable bonds is 5. The number of hydrogen-bond acceptors (Lipinski definition) is 6. The van der Waals surface area contributed by atoms with Crippen molar-refractivity contribution >= 4 is 5.95 Å². The van der Waals surface area contributed by atoms with Gasteiger partial charge >= 0.3 is 0 Å². The number of halogens is 1. The summed E-state index contributed by atoms with van der Waals surface area (Å²) in [5.41, 5.74) is 12.6. The maximum Gasteiger partial charge on any atom is 0.220 e. The second kappa shape index (κ2) is 8.71. The highest BCUT2D eigenvalue weighted by molar-refractivity contribution is 5.77. The Labute approximate surface area is 192 Å². The molecule has 0 saturated carbocycles. The highest BCUT2D eigenvalue weighted by atomic mass is 19.1. The van der Waals surface area contributed by atoms with Gasteiger partial charge in [-0.05, 0) is 67.8 Å². The molecule has 8 heteroatoms. The third kappa shape index (κ3) is 4.34. The Bertz CT molecular complexity index is 1280. The first-order valence-electron chi connectivity index (χ1n) is 11.0. The van der Waals surface area contributed by atoms with Crippen LogP contribution in [-0.4, -0.2) is 42.5 Å². The molecule has 168 valence electrons. The quantitative estimate of drug-likeness (QED) is 0.498. The van der Waals surface area contributed by atoms with Crippen LogP contribution in [0.25, 0.3) is 22.6 Å². The van der Waals surface area contributed by atoms with Gasteiger partial charge in [0.1, 0.15) is 5.82 Å². The molecule has 1 aromatic carbocycles. The maximum atomic E-state index is 13.5. The summed E-state index contributed by atoms with van der Waals surface area (Å²) in [5.74, 6) is -0.0703. The zero-order valence-corrected chi connectivity index (χ0v) is 18.7. The van der Waals surface area contributed by atoms with Crippen LogP contribution in [0.1, 0.15) is 29.3 Å². The van der Waals surface area contributed by atoms with Gasteiger partial charge in [-0.3, -0.25) is 9.88 Å². The number of nitrogens with two attached hydrogens (primary N) is 1. The van der Waals surface area contributed by atoms with Crippen molar-refractivity contribution < 1.29 is 4.39 Å². The van der Waals surface area contributed by atoms with E-state index in [1.807, 2.05) is 25.5 Å². The van der Waals surface area contributed by atoms with Crippen LogP contribution in [0, 0.1) is 19.7 Å². The largest absolute Gasteiger partial charge is 0.368 e. The lowest BCUT2D eigenvalue weighted by Gasteiger charge is -2.19. The van der Waals surface area contributed by atoms with Gasteiger partial charge in [0.2, 0.25) is 5.95 Å². The molecule has 1 aliphatic rings. The number of nitrogen functional groups attached to an aromatic ring is 1. The maximum absolute atomic E-state index is 13.5. The number of aryl methyl sites for hydroxylation is 2. The van der Waals surface area contributed by atoms with Gasteiger partial charge in [0.15, 0.2) is 0 Å². The molecule has 0 bridgehead atoms. The number of nitrogens with zero attached hydrogens (tertiary/aromatic N) is 6. The molecule has 1 atom stereocenters. The van der Waals surface area contributed by atoms with E-state index in [1.165, 1.54) is 23.3 Å². The number of hydrogen-bond donors (Lipinski definition) is 1. The fourth-order valence-corrected chi connectivity index (χ4v) is 4.53. The van der Waals surface area contributed by atoms with Crippen LogP contribution in [0.4, 0.5) is 10.3 Å². The molecule has 33 heavy (non-hydrogen) atoms. The molecule has 1 saturated heterocycles. The first kappa shape index (κ1) is 21.2. The van der Waals surface area contributed by atoms with Crippen molar-refractivity contribution in [3.63, 3.8) is 0 Å². The SMILES string of the molecule is Cc1cc(C)c(CN2CCC(n3cnc(-c4ccc(F)cc4)c3-c3ccnc(N)n3)C2)cn1. The normalized spacial score (nSPS) is 16.4. The summed E-state index contributed by atoms with van der Waals surface area (Å²) in [6.45, 7) is 6.89. The molecule has 0 spiro atoms. The standard InChI is InChI=1S/C25H26FN7/c1-16-11-17(2)29-12-19(16)13-32-10-8-21(14-32)33-15-30-23(18-3-5-20(26)6-4-18)24(33)22-7-9-28-25(27)31-22/h3-7,9,11-12,15,21H,8,10,13-14H2,1-2H3,(H2,27,28,31). The number of aromatic nitrogens is 5. The van der Waals surface area contributed by atoms with E-state index in [2.05, 4.69) is 37.4 Å². The van der Waals surface area contributed by atoms with Gasteiger partial charge in [-0.25, -0.2) is 19.3 Å².